The molecule has 0 bridgehead atoms. The van der Waals surface area contributed by atoms with Gasteiger partial charge in [0.25, 0.3) is 0 Å². The van der Waals surface area contributed by atoms with Crippen molar-refractivity contribution < 1.29 is 4.79 Å². The zero-order valence-electron chi connectivity index (χ0n) is 8.92. The second-order valence-corrected chi connectivity index (χ2v) is 4.26. The molecule has 0 fully saturated rings. The van der Waals surface area contributed by atoms with Gasteiger partial charge in [-0.2, -0.15) is 9.97 Å². The lowest BCUT2D eigenvalue weighted by Crippen LogP contribution is -2.11. The van der Waals surface area contributed by atoms with E-state index in [1.807, 2.05) is 0 Å². The molecule has 1 aromatic rings. The minimum atomic E-state index is 0.110. The zero-order chi connectivity index (χ0) is 12.1. The molecule has 0 aromatic carbocycles. The SMILES string of the molecule is CC(C)CNc1nc(Cl)c(NC=O)c(Cl)n1. The van der Waals surface area contributed by atoms with E-state index in [2.05, 4.69) is 34.4 Å². The molecule has 2 N–H and O–H groups in total. The summed E-state index contributed by atoms with van der Waals surface area (Å²) >= 11 is 11.7. The van der Waals surface area contributed by atoms with E-state index in [4.69, 9.17) is 23.2 Å². The van der Waals surface area contributed by atoms with Crippen LogP contribution in [0, 0.1) is 5.92 Å². The Hall–Kier alpha value is -1.07. The molecule has 1 rings (SSSR count). The predicted molar refractivity (Wildman–Crippen MR) is 65.1 cm³/mol. The van der Waals surface area contributed by atoms with Crippen molar-refractivity contribution in [1.29, 1.82) is 0 Å². The molecule has 1 aromatic heterocycles. The Bertz CT molecular complexity index is 361. The number of carbonyl (C=O) groups excluding carboxylic acids is 1. The third-order valence-corrected chi connectivity index (χ3v) is 2.24. The summed E-state index contributed by atoms with van der Waals surface area (Å²) in [7, 11) is 0. The van der Waals surface area contributed by atoms with Gasteiger partial charge in [-0.05, 0) is 5.92 Å². The van der Waals surface area contributed by atoms with Gasteiger partial charge in [-0.1, -0.05) is 37.0 Å². The summed E-state index contributed by atoms with van der Waals surface area (Å²) in [6.07, 6.45) is 0.470. The van der Waals surface area contributed by atoms with E-state index in [1.165, 1.54) is 0 Å². The fourth-order valence-electron chi connectivity index (χ4n) is 0.960. The summed E-state index contributed by atoms with van der Waals surface area (Å²) in [5, 5.41) is 5.55. The number of rotatable bonds is 5. The van der Waals surface area contributed by atoms with Crippen LogP contribution >= 0.6 is 23.2 Å². The van der Waals surface area contributed by atoms with Gasteiger partial charge >= 0.3 is 0 Å². The first kappa shape index (κ1) is 13.0. The number of nitrogens with one attached hydrogen (secondary N) is 2. The van der Waals surface area contributed by atoms with E-state index in [-0.39, 0.29) is 16.0 Å². The highest BCUT2D eigenvalue weighted by atomic mass is 35.5. The molecule has 1 amide bonds. The largest absolute Gasteiger partial charge is 0.354 e. The smallest absolute Gasteiger partial charge is 0.225 e. The second kappa shape index (κ2) is 5.86. The Labute approximate surface area is 104 Å². The first-order valence-corrected chi connectivity index (χ1v) is 5.47. The van der Waals surface area contributed by atoms with Crippen LogP contribution in [0.25, 0.3) is 0 Å². The number of aromatic nitrogens is 2. The van der Waals surface area contributed by atoms with Gasteiger partial charge in [0.05, 0.1) is 0 Å². The van der Waals surface area contributed by atoms with Crippen LogP contribution < -0.4 is 10.6 Å². The molecule has 0 saturated heterocycles. The highest BCUT2D eigenvalue weighted by Gasteiger charge is 2.10. The van der Waals surface area contributed by atoms with Crippen molar-refractivity contribution in [3.05, 3.63) is 10.3 Å². The lowest BCUT2D eigenvalue weighted by Gasteiger charge is -2.09. The highest BCUT2D eigenvalue weighted by molar-refractivity contribution is 6.38. The Morgan fingerprint density at radius 2 is 1.88 bits per heavy atom. The Morgan fingerprint density at radius 3 is 2.31 bits per heavy atom. The van der Waals surface area contributed by atoms with Gasteiger partial charge in [0.2, 0.25) is 12.4 Å². The van der Waals surface area contributed by atoms with Gasteiger partial charge in [-0.3, -0.25) is 4.79 Å². The first-order chi connectivity index (χ1) is 7.54. The number of nitrogens with zero attached hydrogens (tertiary/aromatic N) is 2. The van der Waals surface area contributed by atoms with Gasteiger partial charge in [0, 0.05) is 6.54 Å². The number of hydrogen-bond acceptors (Lipinski definition) is 4. The van der Waals surface area contributed by atoms with Crippen LogP contribution in [-0.4, -0.2) is 22.9 Å². The van der Waals surface area contributed by atoms with Gasteiger partial charge in [-0.15, -0.1) is 0 Å². The molecule has 0 spiro atoms. The fraction of sp³-hybridized carbons (Fsp3) is 0.444. The Morgan fingerprint density at radius 1 is 1.31 bits per heavy atom. The molecule has 0 aliphatic carbocycles. The highest BCUT2D eigenvalue weighted by Crippen LogP contribution is 2.27. The molecule has 0 atom stereocenters. The fourth-order valence-corrected chi connectivity index (χ4v) is 1.46. The molecule has 0 radical (unpaired) electrons. The Kier molecular flexibility index (Phi) is 4.76. The van der Waals surface area contributed by atoms with Crippen LogP contribution in [0.15, 0.2) is 0 Å². The van der Waals surface area contributed by atoms with Crippen molar-refractivity contribution in [1.82, 2.24) is 9.97 Å². The summed E-state index contributed by atoms with van der Waals surface area (Å²) < 4.78 is 0. The van der Waals surface area contributed by atoms with Crippen LogP contribution in [0.4, 0.5) is 11.6 Å². The maximum Gasteiger partial charge on any atom is 0.225 e. The third-order valence-electron chi connectivity index (χ3n) is 1.69. The monoisotopic (exact) mass is 262 g/mol. The number of anilines is 2. The van der Waals surface area contributed by atoms with Crippen molar-refractivity contribution >= 4 is 41.2 Å². The first-order valence-electron chi connectivity index (χ1n) is 4.71. The second-order valence-electron chi connectivity index (χ2n) is 3.54. The number of hydrogen-bond donors (Lipinski definition) is 2. The van der Waals surface area contributed by atoms with Gasteiger partial charge in [-0.25, -0.2) is 0 Å². The van der Waals surface area contributed by atoms with Gasteiger partial charge < -0.3 is 10.6 Å². The van der Waals surface area contributed by atoms with E-state index < -0.39 is 0 Å². The van der Waals surface area contributed by atoms with Crippen molar-refractivity contribution in [2.75, 3.05) is 17.2 Å². The normalized spacial score (nSPS) is 10.3. The topological polar surface area (TPSA) is 66.9 Å². The quantitative estimate of drug-likeness (QED) is 0.632. The third kappa shape index (κ3) is 3.50. The molecule has 0 unspecified atom stereocenters. The lowest BCUT2D eigenvalue weighted by molar-refractivity contribution is -0.105. The standard InChI is InChI=1S/C9H12Cl2N4O/c1-5(2)3-12-9-14-7(10)6(13-4-16)8(11)15-9/h4-5H,3H2,1-2H3,(H,13,16)(H,12,14,15). The predicted octanol–water partition coefficient (Wildman–Crippen LogP) is 2.42. The van der Waals surface area contributed by atoms with Gasteiger partial charge in [0.1, 0.15) is 5.69 Å². The van der Waals surface area contributed by atoms with Crippen LogP contribution in [0.1, 0.15) is 13.8 Å². The van der Waals surface area contributed by atoms with E-state index in [0.29, 0.717) is 24.8 Å². The molecule has 5 nitrogen and oxygen atoms in total. The molecular weight excluding hydrogens is 251 g/mol. The molecule has 1 heterocycles. The van der Waals surface area contributed by atoms with E-state index in [9.17, 15) is 4.79 Å². The van der Waals surface area contributed by atoms with Crippen molar-refractivity contribution in [3.63, 3.8) is 0 Å². The zero-order valence-corrected chi connectivity index (χ0v) is 10.4. The number of carbonyl (C=O) groups is 1. The summed E-state index contributed by atoms with van der Waals surface area (Å²) in [6.45, 7) is 4.82. The summed E-state index contributed by atoms with van der Waals surface area (Å²) in [6, 6.07) is 0. The van der Waals surface area contributed by atoms with E-state index in [0.717, 1.165) is 0 Å². The van der Waals surface area contributed by atoms with Crippen LogP contribution in [-0.2, 0) is 4.79 Å². The molecule has 0 saturated carbocycles. The molecule has 0 aliphatic heterocycles. The lowest BCUT2D eigenvalue weighted by atomic mass is 10.2. The molecule has 7 heteroatoms. The van der Waals surface area contributed by atoms with Crippen molar-refractivity contribution in [2.24, 2.45) is 5.92 Å². The molecular formula is C9H12Cl2N4O. The number of halogens is 2. The van der Waals surface area contributed by atoms with Crippen LogP contribution in [0.2, 0.25) is 10.3 Å². The van der Waals surface area contributed by atoms with E-state index in [1.54, 1.807) is 0 Å². The minimum absolute atomic E-state index is 0.110. The van der Waals surface area contributed by atoms with Crippen molar-refractivity contribution in [3.8, 4) is 0 Å². The minimum Gasteiger partial charge on any atom is -0.354 e. The van der Waals surface area contributed by atoms with Crippen molar-refractivity contribution in [2.45, 2.75) is 13.8 Å². The maximum atomic E-state index is 10.3. The summed E-state index contributed by atoms with van der Waals surface area (Å²) in [5.74, 6) is 0.800. The van der Waals surface area contributed by atoms with Crippen LogP contribution in [0.5, 0.6) is 0 Å². The molecule has 88 valence electrons. The molecule has 16 heavy (non-hydrogen) atoms. The van der Waals surface area contributed by atoms with E-state index >= 15 is 0 Å². The summed E-state index contributed by atoms with van der Waals surface area (Å²) in [4.78, 5) is 18.2. The van der Waals surface area contributed by atoms with Crippen LogP contribution in [0.3, 0.4) is 0 Å². The van der Waals surface area contributed by atoms with Gasteiger partial charge in [0.15, 0.2) is 10.3 Å². The average molecular weight is 263 g/mol. The molecule has 0 aliphatic rings. The maximum absolute atomic E-state index is 10.3. The summed E-state index contributed by atoms with van der Waals surface area (Å²) in [5.41, 5.74) is 0.216. The number of amides is 1. The Balaban J connectivity index is 2.86. The average Bonchev–Trinajstić information content (AvgIpc) is 2.20.